The van der Waals surface area contributed by atoms with Crippen molar-refractivity contribution in [1.29, 1.82) is 0 Å². The topological polar surface area (TPSA) is 83.6 Å². The zero-order chi connectivity index (χ0) is 15.0. The Hall–Kier alpha value is -0.530. The summed E-state index contributed by atoms with van der Waals surface area (Å²) < 4.78 is 25.7. The van der Waals surface area contributed by atoms with Crippen LogP contribution in [0.15, 0.2) is 17.0 Å². The summed E-state index contributed by atoms with van der Waals surface area (Å²) in [5, 5.41) is 9.75. The lowest BCUT2D eigenvalue weighted by atomic mass is 10.1. The van der Waals surface area contributed by atoms with Gasteiger partial charge in [0.2, 0.25) is 10.0 Å². The molecule has 0 aliphatic heterocycles. The average Bonchev–Trinajstić information content (AvgIpc) is 2.23. The van der Waals surface area contributed by atoms with Crippen LogP contribution in [0.25, 0.3) is 0 Å². The first kappa shape index (κ1) is 16.5. The second kappa shape index (κ2) is 5.46. The maximum Gasteiger partial charge on any atom is 0.244 e. The smallest absolute Gasteiger partial charge is 0.244 e. The van der Waals surface area contributed by atoms with Gasteiger partial charge in [0.25, 0.3) is 0 Å². The van der Waals surface area contributed by atoms with Gasteiger partial charge in [0.1, 0.15) is 4.90 Å². The molecule has 0 aliphatic rings. The van der Waals surface area contributed by atoms with Crippen LogP contribution in [0.4, 0.5) is 5.69 Å². The van der Waals surface area contributed by atoms with E-state index in [2.05, 4.69) is 0 Å². The summed E-state index contributed by atoms with van der Waals surface area (Å²) in [5.41, 5.74) is 4.46. The number of aliphatic hydroxyl groups is 1. The molecule has 19 heavy (non-hydrogen) atoms. The van der Waals surface area contributed by atoms with Crippen LogP contribution in [-0.2, 0) is 10.0 Å². The van der Waals surface area contributed by atoms with Gasteiger partial charge < -0.3 is 10.8 Å². The summed E-state index contributed by atoms with van der Waals surface area (Å²) in [5.74, 6) is 0. The van der Waals surface area contributed by atoms with E-state index in [1.54, 1.807) is 0 Å². The van der Waals surface area contributed by atoms with Crippen LogP contribution in [0.1, 0.15) is 13.8 Å². The van der Waals surface area contributed by atoms with Crippen LogP contribution in [0.3, 0.4) is 0 Å². The van der Waals surface area contributed by atoms with Crippen LogP contribution in [0.2, 0.25) is 10.0 Å². The molecule has 0 heterocycles. The molecule has 0 spiro atoms. The average molecular weight is 327 g/mol. The number of benzene rings is 1. The molecule has 0 saturated heterocycles. The predicted molar refractivity (Wildman–Crippen MR) is 77.0 cm³/mol. The summed E-state index contributed by atoms with van der Waals surface area (Å²) in [4.78, 5) is -0.136. The number of nitrogens with zero attached hydrogens (tertiary/aromatic N) is 1. The fourth-order valence-electron chi connectivity index (χ4n) is 1.55. The van der Waals surface area contributed by atoms with E-state index in [1.165, 1.54) is 33.0 Å². The molecule has 0 bridgehead atoms. The van der Waals surface area contributed by atoms with Crippen molar-refractivity contribution in [3.63, 3.8) is 0 Å². The van der Waals surface area contributed by atoms with Crippen LogP contribution in [0.5, 0.6) is 0 Å². The highest BCUT2D eigenvalue weighted by Gasteiger charge is 2.29. The van der Waals surface area contributed by atoms with Crippen molar-refractivity contribution in [3.05, 3.63) is 22.2 Å². The Morgan fingerprint density at radius 3 is 2.37 bits per heavy atom. The molecule has 0 saturated carbocycles. The Morgan fingerprint density at radius 2 is 1.89 bits per heavy atom. The Morgan fingerprint density at radius 1 is 1.37 bits per heavy atom. The molecule has 1 rings (SSSR count). The van der Waals surface area contributed by atoms with Gasteiger partial charge in [0, 0.05) is 13.6 Å². The van der Waals surface area contributed by atoms with Crippen molar-refractivity contribution < 1.29 is 13.5 Å². The highest BCUT2D eigenvalue weighted by molar-refractivity contribution is 7.89. The lowest BCUT2D eigenvalue weighted by Gasteiger charge is -2.25. The van der Waals surface area contributed by atoms with Crippen molar-refractivity contribution in [3.8, 4) is 0 Å². The minimum absolute atomic E-state index is 0.0149. The minimum atomic E-state index is -3.84. The van der Waals surface area contributed by atoms with Crippen molar-refractivity contribution in [2.75, 3.05) is 19.3 Å². The lowest BCUT2D eigenvalue weighted by molar-refractivity contribution is 0.0640. The number of halogens is 2. The Bertz CT molecular complexity index is 582. The Balaban J connectivity index is 3.25. The second-order valence-corrected chi connectivity index (χ2v) is 7.65. The van der Waals surface area contributed by atoms with Crippen LogP contribution in [0, 0.1) is 0 Å². The quantitative estimate of drug-likeness (QED) is 0.828. The van der Waals surface area contributed by atoms with E-state index in [0.29, 0.717) is 0 Å². The minimum Gasteiger partial charge on any atom is -0.396 e. The molecule has 0 radical (unpaired) electrons. The number of hydrogen-bond donors (Lipinski definition) is 2. The SMILES string of the molecule is CN(CC(C)(C)O)S(=O)(=O)c1ccc(Cl)c(N)c1Cl. The number of hydrogen-bond acceptors (Lipinski definition) is 4. The third kappa shape index (κ3) is 3.73. The normalized spacial score (nSPS) is 13.0. The van der Waals surface area contributed by atoms with Gasteiger partial charge in [-0.15, -0.1) is 0 Å². The molecule has 0 aliphatic carbocycles. The largest absolute Gasteiger partial charge is 0.396 e. The van der Waals surface area contributed by atoms with Crippen molar-refractivity contribution in [2.45, 2.75) is 24.3 Å². The maximum atomic E-state index is 12.3. The number of nitrogens with two attached hydrogens (primary N) is 1. The molecule has 0 amide bonds. The molecule has 0 fully saturated rings. The van der Waals surface area contributed by atoms with E-state index in [4.69, 9.17) is 28.9 Å². The second-order valence-electron chi connectivity index (χ2n) is 4.85. The highest BCUT2D eigenvalue weighted by Crippen LogP contribution is 2.34. The Labute approximate surface area is 123 Å². The fraction of sp³-hybridized carbons (Fsp3) is 0.455. The number of anilines is 1. The van der Waals surface area contributed by atoms with Crippen molar-refractivity contribution in [1.82, 2.24) is 4.31 Å². The first-order chi connectivity index (χ1) is 8.47. The molecular weight excluding hydrogens is 311 g/mol. The van der Waals surface area contributed by atoms with Gasteiger partial charge in [-0.05, 0) is 26.0 Å². The van der Waals surface area contributed by atoms with Crippen LogP contribution in [-0.4, -0.2) is 37.0 Å². The standard InChI is InChI=1S/C11H16Cl2N2O3S/c1-11(2,16)6-15(3)19(17,18)8-5-4-7(12)10(14)9(8)13/h4-5,16H,6,14H2,1-3H3. The maximum absolute atomic E-state index is 12.3. The Kier molecular flexibility index (Phi) is 4.75. The monoisotopic (exact) mass is 326 g/mol. The van der Waals surface area contributed by atoms with E-state index in [1.807, 2.05) is 0 Å². The zero-order valence-electron chi connectivity index (χ0n) is 10.8. The van der Waals surface area contributed by atoms with E-state index >= 15 is 0 Å². The van der Waals surface area contributed by atoms with E-state index < -0.39 is 15.6 Å². The van der Waals surface area contributed by atoms with E-state index in [9.17, 15) is 13.5 Å². The number of nitrogen functional groups attached to an aromatic ring is 1. The summed E-state index contributed by atoms with van der Waals surface area (Å²) >= 11 is 11.7. The molecule has 1 aromatic rings. The summed E-state index contributed by atoms with van der Waals surface area (Å²) in [7, 11) is -2.48. The molecule has 0 atom stereocenters. The molecule has 3 N–H and O–H groups in total. The molecule has 1 aromatic carbocycles. The van der Waals surface area contributed by atoms with E-state index in [-0.39, 0.29) is 27.2 Å². The third-order valence-electron chi connectivity index (χ3n) is 2.39. The summed E-state index contributed by atoms with van der Waals surface area (Å²) in [6, 6.07) is 2.66. The van der Waals surface area contributed by atoms with Crippen LogP contribution < -0.4 is 5.73 Å². The van der Waals surface area contributed by atoms with Gasteiger partial charge in [-0.3, -0.25) is 0 Å². The van der Waals surface area contributed by atoms with Crippen molar-refractivity contribution in [2.24, 2.45) is 0 Å². The van der Waals surface area contributed by atoms with Crippen LogP contribution >= 0.6 is 23.2 Å². The number of likely N-dealkylation sites (N-methyl/N-ethyl adjacent to an activating group) is 1. The van der Waals surface area contributed by atoms with Crippen molar-refractivity contribution >= 4 is 38.9 Å². The first-order valence-corrected chi connectivity index (χ1v) is 7.58. The van der Waals surface area contributed by atoms with Gasteiger partial charge in [-0.2, -0.15) is 4.31 Å². The number of rotatable bonds is 4. The molecule has 0 aromatic heterocycles. The lowest BCUT2D eigenvalue weighted by Crippen LogP contribution is -2.39. The molecule has 5 nitrogen and oxygen atoms in total. The molecular formula is C11H16Cl2N2O3S. The predicted octanol–water partition coefficient (Wildman–Crippen LogP) is 1.97. The first-order valence-electron chi connectivity index (χ1n) is 5.39. The molecule has 0 unspecified atom stereocenters. The van der Waals surface area contributed by atoms with Gasteiger partial charge in [-0.25, -0.2) is 8.42 Å². The molecule has 108 valence electrons. The zero-order valence-corrected chi connectivity index (χ0v) is 13.1. The third-order valence-corrected chi connectivity index (χ3v) is 5.08. The van der Waals surface area contributed by atoms with Gasteiger partial charge >= 0.3 is 0 Å². The summed E-state index contributed by atoms with van der Waals surface area (Å²) in [6.45, 7) is 2.95. The van der Waals surface area contributed by atoms with Gasteiger partial charge in [-0.1, -0.05) is 23.2 Å². The van der Waals surface area contributed by atoms with Gasteiger partial charge in [0.05, 0.1) is 21.3 Å². The van der Waals surface area contributed by atoms with Gasteiger partial charge in [0.15, 0.2) is 0 Å². The fourth-order valence-corrected chi connectivity index (χ4v) is 3.61. The molecule has 8 heteroatoms. The summed E-state index contributed by atoms with van der Waals surface area (Å²) in [6.07, 6.45) is 0. The van der Waals surface area contributed by atoms with E-state index in [0.717, 1.165) is 4.31 Å². The highest BCUT2D eigenvalue weighted by atomic mass is 35.5. The number of sulfonamides is 1.